The monoisotopic (exact) mass is 239 g/mol. The lowest BCUT2D eigenvalue weighted by atomic mass is 10.3. The van der Waals surface area contributed by atoms with Gasteiger partial charge >= 0.3 is 0 Å². The molecule has 0 unspecified atom stereocenters. The molecular formula is C11H7Cl2NO. The van der Waals surface area contributed by atoms with Crippen LogP contribution >= 0.6 is 23.2 Å². The number of benzene rings is 1. The van der Waals surface area contributed by atoms with Gasteiger partial charge in [-0.1, -0.05) is 29.3 Å². The largest absolute Gasteiger partial charge is 0.454 e. The summed E-state index contributed by atoms with van der Waals surface area (Å²) in [5, 5.41) is 0.876. The van der Waals surface area contributed by atoms with Crippen LogP contribution in [0.15, 0.2) is 42.7 Å². The molecule has 0 atom stereocenters. The first-order valence-electron chi connectivity index (χ1n) is 4.29. The molecule has 0 fully saturated rings. The maximum absolute atomic E-state index is 5.97. The zero-order chi connectivity index (χ0) is 10.7. The summed E-state index contributed by atoms with van der Waals surface area (Å²) in [6, 6.07) is 8.82. The van der Waals surface area contributed by atoms with E-state index in [2.05, 4.69) is 4.98 Å². The van der Waals surface area contributed by atoms with Crippen molar-refractivity contribution in [2.75, 3.05) is 0 Å². The third-order valence-electron chi connectivity index (χ3n) is 1.78. The van der Waals surface area contributed by atoms with Gasteiger partial charge in [-0.3, -0.25) is 4.98 Å². The van der Waals surface area contributed by atoms with Gasteiger partial charge in [-0.05, 0) is 24.3 Å². The zero-order valence-corrected chi connectivity index (χ0v) is 9.16. The Hall–Kier alpha value is -1.25. The lowest BCUT2D eigenvalue weighted by Gasteiger charge is -2.07. The van der Waals surface area contributed by atoms with Crippen LogP contribution in [0.3, 0.4) is 0 Å². The standard InChI is InChI=1S/C11H7Cl2NO/c12-9-4-1-5-10(11(9)13)15-8-3-2-6-14-7-8/h1-7H. The molecule has 0 radical (unpaired) electrons. The molecule has 15 heavy (non-hydrogen) atoms. The van der Waals surface area contributed by atoms with E-state index in [0.29, 0.717) is 21.5 Å². The Labute approximate surface area is 97.4 Å². The summed E-state index contributed by atoms with van der Waals surface area (Å²) in [7, 11) is 0. The van der Waals surface area contributed by atoms with Gasteiger partial charge in [0.05, 0.1) is 11.2 Å². The van der Waals surface area contributed by atoms with Crippen LogP contribution in [0, 0.1) is 0 Å². The molecule has 0 spiro atoms. The number of aromatic nitrogens is 1. The van der Waals surface area contributed by atoms with Crippen molar-refractivity contribution in [3.05, 3.63) is 52.8 Å². The summed E-state index contributed by atoms with van der Waals surface area (Å²) in [6.07, 6.45) is 3.28. The second kappa shape index (κ2) is 4.51. The van der Waals surface area contributed by atoms with Gasteiger partial charge in [0.2, 0.25) is 0 Å². The van der Waals surface area contributed by atoms with Crippen molar-refractivity contribution in [2.45, 2.75) is 0 Å². The first-order valence-corrected chi connectivity index (χ1v) is 5.05. The molecule has 0 saturated heterocycles. The van der Waals surface area contributed by atoms with Gasteiger partial charge in [0.1, 0.15) is 16.5 Å². The molecule has 1 aromatic carbocycles. The molecule has 76 valence electrons. The maximum atomic E-state index is 5.97. The van der Waals surface area contributed by atoms with Gasteiger partial charge in [-0.15, -0.1) is 0 Å². The highest BCUT2D eigenvalue weighted by atomic mass is 35.5. The molecule has 0 aliphatic rings. The number of hydrogen-bond acceptors (Lipinski definition) is 2. The van der Waals surface area contributed by atoms with E-state index in [4.69, 9.17) is 27.9 Å². The minimum absolute atomic E-state index is 0.406. The molecule has 1 aromatic heterocycles. The van der Waals surface area contributed by atoms with Gasteiger partial charge in [0.15, 0.2) is 0 Å². The minimum atomic E-state index is 0.406. The van der Waals surface area contributed by atoms with Crippen molar-refractivity contribution in [3.8, 4) is 11.5 Å². The average molecular weight is 240 g/mol. The highest BCUT2D eigenvalue weighted by molar-refractivity contribution is 6.42. The van der Waals surface area contributed by atoms with Crippen LogP contribution in [0.5, 0.6) is 11.5 Å². The maximum Gasteiger partial charge on any atom is 0.147 e. The lowest BCUT2D eigenvalue weighted by Crippen LogP contribution is -1.85. The molecular weight excluding hydrogens is 233 g/mol. The smallest absolute Gasteiger partial charge is 0.147 e. The molecule has 0 aliphatic heterocycles. The third-order valence-corrected chi connectivity index (χ3v) is 2.58. The Bertz CT molecular complexity index is 459. The summed E-state index contributed by atoms with van der Waals surface area (Å²) in [4.78, 5) is 3.93. The first kappa shape index (κ1) is 10.3. The van der Waals surface area contributed by atoms with Gasteiger partial charge in [0, 0.05) is 6.20 Å². The summed E-state index contributed by atoms with van der Waals surface area (Å²) in [5.74, 6) is 1.15. The Kier molecular flexibility index (Phi) is 3.09. The van der Waals surface area contributed by atoms with E-state index in [1.54, 1.807) is 42.7 Å². The fourth-order valence-corrected chi connectivity index (χ4v) is 1.43. The zero-order valence-electron chi connectivity index (χ0n) is 7.65. The lowest BCUT2D eigenvalue weighted by molar-refractivity contribution is 0.480. The predicted octanol–water partition coefficient (Wildman–Crippen LogP) is 4.18. The summed E-state index contributed by atoms with van der Waals surface area (Å²) >= 11 is 11.8. The number of ether oxygens (including phenoxy) is 1. The summed E-state index contributed by atoms with van der Waals surface area (Å²) < 4.78 is 5.51. The van der Waals surface area contributed by atoms with Crippen LogP contribution in [0.4, 0.5) is 0 Å². The molecule has 2 aromatic rings. The van der Waals surface area contributed by atoms with Crippen LogP contribution in [-0.2, 0) is 0 Å². The highest BCUT2D eigenvalue weighted by Gasteiger charge is 2.05. The Morgan fingerprint density at radius 3 is 2.67 bits per heavy atom. The minimum Gasteiger partial charge on any atom is -0.454 e. The molecule has 0 bridgehead atoms. The molecule has 4 heteroatoms. The van der Waals surface area contributed by atoms with E-state index in [1.807, 2.05) is 0 Å². The number of hydrogen-bond donors (Lipinski definition) is 0. The van der Waals surface area contributed by atoms with Crippen molar-refractivity contribution < 1.29 is 4.74 Å². The van der Waals surface area contributed by atoms with Gasteiger partial charge in [-0.25, -0.2) is 0 Å². The Morgan fingerprint density at radius 1 is 1.07 bits per heavy atom. The van der Waals surface area contributed by atoms with E-state index in [-0.39, 0.29) is 0 Å². The highest BCUT2D eigenvalue weighted by Crippen LogP contribution is 2.34. The van der Waals surface area contributed by atoms with E-state index in [0.717, 1.165) is 0 Å². The molecule has 0 saturated carbocycles. The topological polar surface area (TPSA) is 22.1 Å². The van der Waals surface area contributed by atoms with Gasteiger partial charge in [-0.2, -0.15) is 0 Å². The molecule has 1 heterocycles. The van der Waals surface area contributed by atoms with Crippen molar-refractivity contribution in [2.24, 2.45) is 0 Å². The fourth-order valence-electron chi connectivity index (χ4n) is 1.10. The first-order chi connectivity index (χ1) is 7.27. The normalized spacial score (nSPS) is 10.0. The average Bonchev–Trinajstić information content (AvgIpc) is 2.26. The Balaban J connectivity index is 2.29. The quantitative estimate of drug-likeness (QED) is 0.785. The van der Waals surface area contributed by atoms with E-state index in [1.165, 1.54) is 0 Å². The fraction of sp³-hybridized carbons (Fsp3) is 0. The number of rotatable bonds is 2. The van der Waals surface area contributed by atoms with Crippen LogP contribution in [0.25, 0.3) is 0 Å². The van der Waals surface area contributed by atoms with Crippen molar-refractivity contribution >= 4 is 23.2 Å². The van der Waals surface area contributed by atoms with Gasteiger partial charge < -0.3 is 4.74 Å². The molecule has 2 rings (SSSR count). The molecule has 0 aliphatic carbocycles. The van der Waals surface area contributed by atoms with Crippen LogP contribution in [-0.4, -0.2) is 4.98 Å². The van der Waals surface area contributed by atoms with Crippen LogP contribution < -0.4 is 4.74 Å². The number of halogens is 2. The SMILES string of the molecule is Clc1cccc(Oc2cccnc2)c1Cl. The van der Waals surface area contributed by atoms with Gasteiger partial charge in [0.25, 0.3) is 0 Å². The van der Waals surface area contributed by atoms with Crippen molar-refractivity contribution in [1.29, 1.82) is 0 Å². The van der Waals surface area contributed by atoms with Crippen LogP contribution in [0.2, 0.25) is 10.0 Å². The van der Waals surface area contributed by atoms with Crippen LogP contribution in [0.1, 0.15) is 0 Å². The van der Waals surface area contributed by atoms with E-state index >= 15 is 0 Å². The number of nitrogens with zero attached hydrogens (tertiary/aromatic N) is 1. The molecule has 0 N–H and O–H groups in total. The number of pyridine rings is 1. The third kappa shape index (κ3) is 2.41. The molecule has 0 amide bonds. The predicted molar refractivity (Wildman–Crippen MR) is 60.8 cm³/mol. The van der Waals surface area contributed by atoms with E-state index < -0.39 is 0 Å². The second-order valence-corrected chi connectivity index (χ2v) is 3.63. The molecule has 2 nitrogen and oxygen atoms in total. The van der Waals surface area contributed by atoms with Crippen molar-refractivity contribution in [3.63, 3.8) is 0 Å². The second-order valence-electron chi connectivity index (χ2n) is 2.84. The van der Waals surface area contributed by atoms with Crippen molar-refractivity contribution in [1.82, 2.24) is 4.98 Å². The summed E-state index contributed by atoms with van der Waals surface area (Å²) in [5.41, 5.74) is 0. The Morgan fingerprint density at radius 2 is 1.93 bits per heavy atom. The van der Waals surface area contributed by atoms with E-state index in [9.17, 15) is 0 Å². The summed E-state index contributed by atoms with van der Waals surface area (Å²) in [6.45, 7) is 0.